The van der Waals surface area contributed by atoms with Crippen LogP contribution in [0.4, 0.5) is 17.1 Å². The minimum atomic E-state index is -0.471. The lowest BCUT2D eigenvalue weighted by Gasteiger charge is -2.34. The summed E-state index contributed by atoms with van der Waals surface area (Å²) in [7, 11) is 0. The number of rotatable bonds is 10. The van der Waals surface area contributed by atoms with Gasteiger partial charge in [-0.05, 0) is 161 Å². The third kappa shape index (κ3) is 7.79. The summed E-state index contributed by atoms with van der Waals surface area (Å²) >= 11 is 0. The fraction of sp³-hybridized carbons (Fsp3) is 0.0130. The minimum absolute atomic E-state index is 0.471. The smallest absolute Gasteiger partial charge is 0.0713 e. The SMILES string of the molecule is c1ccc(C2(c3ccccc3)c3ccccc3-c3ccc(-c4ccc(N(c5ccc(-c6ccc(-c7cccc(-c8ccc9ccccc9c8)c7)cc6)cc5)c5cccc(-n6c7ccccc7c7ccccc76)c5)cc4)cc32)cc1. The number of aromatic nitrogens is 1. The van der Waals surface area contributed by atoms with Crippen LogP contribution >= 0.6 is 0 Å². The Kier molecular flexibility index (Phi) is 11.1. The molecule has 14 aromatic rings. The second-order valence-electron chi connectivity index (χ2n) is 20.8. The van der Waals surface area contributed by atoms with E-state index >= 15 is 0 Å². The Morgan fingerprint density at radius 3 is 1.35 bits per heavy atom. The van der Waals surface area contributed by atoms with Gasteiger partial charge in [0.15, 0.2) is 0 Å². The third-order valence-corrected chi connectivity index (χ3v) is 16.5. The molecule has 1 heterocycles. The van der Waals surface area contributed by atoms with E-state index < -0.39 is 5.41 Å². The van der Waals surface area contributed by atoms with Gasteiger partial charge >= 0.3 is 0 Å². The highest BCUT2D eigenvalue weighted by Crippen LogP contribution is 2.57. The quantitative estimate of drug-likeness (QED) is 0.133. The summed E-state index contributed by atoms with van der Waals surface area (Å²) in [6.07, 6.45) is 0. The van der Waals surface area contributed by atoms with Crippen molar-refractivity contribution in [3.8, 4) is 61.3 Å². The van der Waals surface area contributed by atoms with E-state index in [-0.39, 0.29) is 0 Å². The number of nitrogens with zero attached hydrogens (tertiary/aromatic N) is 2. The van der Waals surface area contributed by atoms with Crippen LogP contribution in [0.2, 0.25) is 0 Å². The Morgan fingerprint density at radius 2 is 0.709 bits per heavy atom. The number of hydrogen-bond donors (Lipinski definition) is 0. The molecule has 0 radical (unpaired) electrons. The van der Waals surface area contributed by atoms with Crippen LogP contribution in [0.3, 0.4) is 0 Å². The maximum atomic E-state index is 2.45. The van der Waals surface area contributed by atoms with Gasteiger partial charge in [-0.1, -0.05) is 243 Å². The molecule has 0 spiro atoms. The van der Waals surface area contributed by atoms with E-state index in [0.717, 1.165) is 33.9 Å². The molecule has 2 nitrogen and oxygen atoms in total. The zero-order valence-corrected chi connectivity index (χ0v) is 43.4. The summed E-state index contributed by atoms with van der Waals surface area (Å²) in [5, 5.41) is 5.00. The largest absolute Gasteiger partial charge is 0.310 e. The average molecular weight is 1010 g/mol. The molecule has 0 amide bonds. The molecule has 0 saturated heterocycles. The fourth-order valence-corrected chi connectivity index (χ4v) is 12.8. The second-order valence-corrected chi connectivity index (χ2v) is 20.8. The summed E-state index contributed by atoms with van der Waals surface area (Å²) in [5.74, 6) is 0. The van der Waals surface area contributed by atoms with Crippen LogP contribution in [0.5, 0.6) is 0 Å². The zero-order chi connectivity index (χ0) is 52.3. The van der Waals surface area contributed by atoms with Crippen molar-refractivity contribution in [3.63, 3.8) is 0 Å². The molecule has 13 aromatic carbocycles. The maximum absolute atomic E-state index is 2.45. The Hall–Kier alpha value is -10.3. The summed E-state index contributed by atoms with van der Waals surface area (Å²) in [4.78, 5) is 2.39. The van der Waals surface area contributed by atoms with Crippen molar-refractivity contribution >= 4 is 49.6 Å². The standard InChI is InChI=1S/C77H52N2/c1-3-21-63(22-4-1)77(64-23-5-2-6-24-64)73-30-12-9-27-69(73)70-48-43-62(51-74(70)77)57-41-46-66(47-42-57)78(67-25-16-26-68(52-67)79-75-31-13-10-28-71(75)72-29-11-14-32-76(72)79)65-44-39-55(40-45-65)54-33-35-56(36-34-54)59-19-15-20-60(49-59)61-38-37-53-17-7-8-18-58(53)50-61/h1-52H. The normalized spacial score (nSPS) is 12.4. The first-order valence-electron chi connectivity index (χ1n) is 27.3. The molecule has 370 valence electrons. The van der Waals surface area contributed by atoms with Gasteiger partial charge in [-0.15, -0.1) is 0 Å². The van der Waals surface area contributed by atoms with Gasteiger partial charge in [0.05, 0.1) is 16.4 Å². The second kappa shape index (κ2) is 19.1. The number of fused-ring (bicyclic) bond motifs is 7. The van der Waals surface area contributed by atoms with Gasteiger partial charge in [0, 0.05) is 33.5 Å². The molecule has 0 bridgehead atoms. The van der Waals surface area contributed by atoms with Crippen LogP contribution in [0, 0.1) is 0 Å². The lowest BCUT2D eigenvalue weighted by atomic mass is 9.67. The molecule has 1 aliphatic rings. The highest BCUT2D eigenvalue weighted by atomic mass is 15.1. The van der Waals surface area contributed by atoms with Crippen molar-refractivity contribution in [3.05, 3.63) is 338 Å². The Labute approximate surface area is 461 Å². The number of hydrogen-bond acceptors (Lipinski definition) is 1. The number of benzene rings is 13. The van der Waals surface area contributed by atoms with E-state index in [0.29, 0.717) is 0 Å². The predicted molar refractivity (Wildman–Crippen MR) is 332 cm³/mol. The van der Waals surface area contributed by atoms with Crippen LogP contribution in [0.15, 0.2) is 315 Å². The van der Waals surface area contributed by atoms with Crippen molar-refractivity contribution in [1.82, 2.24) is 4.57 Å². The van der Waals surface area contributed by atoms with Crippen LogP contribution in [0.1, 0.15) is 22.3 Å². The lowest BCUT2D eigenvalue weighted by molar-refractivity contribution is 0.769. The lowest BCUT2D eigenvalue weighted by Crippen LogP contribution is -2.28. The van der Waals surface area contributed by atoms with Crippen LogP contribution in [0.25, 0.3) is 93.9 Å². The van der Waals surface area contributed by atoms with Gasteiger partial charge in [0.1, 0.15) is 0 Å². The Balaban J connectivity index is 0.802. The first-order chi connectivity index (χ1) is 39.2. The van der Waals surface area contributed by atoms with E-state index in [1.54, 1.807) is 0 Å². The third-order valence-electron chi connectivity index (χ3n) is 16.5. The molecule has 2 heteroatoms. The molecule has 0 unspecified atom stereocenters. The molecular weight excluding hydrogens is 953 g/mol. The summed E-state index contributed by atoms with van der Waals surface area (Å²) < 4.78 is 2.40. The summed E-state index contributed by atoms with van der Waals surface area (Å²) in [5.41, 5.74) is 23.4. The highest BCUT2D eigenvalue weighted by molar-refractivity contribution is 6.09. The van der Waals surface area contributed by atoms with Crippen molar-refractivity contribution in [1.29, 1.82) is 0 Å². The molecule has 0 saturated carbocycles. The first kappa shape index (κ1) is 46.1. The van der Waals surface area contributed by atoms with E-state index in [2.05, 4.69) is 325 Å². The monoisotopic (exact) mass is 1000 g/mol. The van der Waals surface area contributed by atoms with Gasteiger partial charge < -0.3 is 9.47 Å². The molecule has 0 atom stereocenters. The summed E-state index contributed by atoms with van der Waals surface area (Å²) in [6.45, 7) is 0. The van der Waals surface area contributed by atoms with Crippen molar-refractivity contribution in [2.24, 2.45) is 0 Å². The van der Waals surface area contributed by atoms with Gasteiger partial charge in [-0.2, -0.15) is 0 Å². The Morgan fingerprint density at radius 1 is 0.253 bits per heavy atom. The van der Waals surface area contributed by atoms with E-state index in [1.165, 1.54) is 99.3 Å². The molecule has 1 aromatic heterocycles. The van der Waals surface area contributed by atoms with Crippen LogP contribution < -0.4 is 4.90 Å². The predicted octanol–water partition coefficient (Wildman–Crippen LogP) is 20.4. The van der Waals surface area contributed by atoms with Crippen molar-refractivity contribution in [2.45, 2.75) is 5.41 Å². The van der Waals surface area contributed by atoms with E-state index in [1.807, 2.05) is 0 Å². The minimum Gasteiger partial charge on any atom is -0.310 e. The average Bonchev–Trinajstić information content (AvgIpc) is 4.22. The molecule has 79 heavy (non-hydrogen) atoms. The number of para-hydroxylation sites is 2. The van der Waals surface area contributed by atoms with Crippen molar-refractivity contribution < 1.29 is 0 Å². The Bertz CT molecular complexity index is 4480. The van der Waals surface area contributed by atoms with Gasteiger partial charge in [-0.25, -0.2) is 0 Å². The van der Waals surface area contributed by atoms with Crippen LogP contribution in [-0.2, 0) is 5.41 Å². The van der Waals surface area contributed by atoms with Crippen molar-refractivity contribution in [2.75, 3.05) is 4.90 Å². The molecule has 0 N–H and O–H groups in total. The van der Waals surface area contributed by atoms with E-state index in [9.17, 15) is 0 Å². The maximum Gasteiger partial charge on any atom is 0.0713 e. The van der Waals surface area contributed by atoms with E-state index in [4.69, 9.17) is 0 Å². The first-order valence-corrected chi connectivity index (χ1v) is 27.3. The summed E-state index contributed by atoms with van der Waals surface area (Å²) in [6, 6.07) is 116. The van der Waals surface area contributed by atoms with Gasteiger partial charge in [0.2, 0.25) is 0 Å². The molecule has 15 rings (SSSR count). The number of anilines is 3. The van der Waals surface area contributed by atoms with Gasteiger partial charge in [-0.3, -0.25) is 0 Å². The molecule has 0 aliphatic heterocycles. The molecule has 1 aliphatic carbocycles. The molecule has 0 fully saturated rings. The van der Waals surface area contributed by atoms with Crippen LogP contribution in [-0.4, -0.2) is 4.57 Å². The molecular formula is C77H52N2. The fourth-order valence-electron chi connectivity index (χ4n) is 12.8. The highest BCUT2D eigenvalue weighted by Gasteiger charge is 2.46. The van der Waals surface area contributed by atoms with Gasteiger partial charge in [0.25, 0.3) is 0 Å². The topological polar surface area (TPSA) is 8.17 Å². The zero-order valence-electron chi connectivity index (χ0n) is 43.4.